The van der Waals surface area contributed by atoms with E-state index in [4.69, 9.17) is 5.73 Å². The van der Waals surface area contributed by atoms with Crippen LogP contribution < -0.4 is 11.1 Å². The van der Waals surface area contributed by atoms with Gasteiger partial charge in [-0.25, -0.2) is 0 Å². The van der Waals surface area contributed by atoms with Crippen LogP contribution in [0.15, 0.2) is 11.8 Å². The number of allylic oxidation sites excluding steroid dienone is 1. The largest absolute Gasteiger partial charge is 0.391 e. The molecule has 0 bridgehead atoms. The first-order valence-corrected chi connectivity index (χ1v) is 4.15. The molecule has 0 heterocycles. The Hall–Kier alpha value is -0.500. The summed E-state index contributed by atoms with van der Waals surface area (Å²) in [4.78, 5) is 0. The van der Waals surface area contributed by atoms with Crippen LogP contribution >= 0.6 is 0 Å². The second kappa shape index (κ2) is 4.39. The Balaban J connectivity index is 4.24. The predicted octanol–water partition coefficient (Wildman–Crippen LogP) is 1.48. The molecular formula is C9H20N2. The fourth-order valence-corrected chi connectivity index (χ4v) is 0.807. The lowest BCUT2D eigenvalue weighted by atomic mass is 9.89. The Labute approximate surface area is 69.9 Å². The van der Waals surface area contributed by atoms with E-state index in [1.54, 1.807) is 0 Å². The van der Waals surface area contributed by atoms with Gasteiger partial charge >= 0.3 is 0 Å². The second-order valence-electron chi connectivity index (χ2n) is 3.47. The fourth-order valence-electron chi connectivity index (χ4n) is 0.807. The summed E-state index contributed by atoms with van der Waals surface area (Å²) >= 11 is 0. The van der Waals surface area contributed by atoms with Crippen LogP contribution in [0.5, 0.6) is 0 Å². The van der Waals surface area contributed by atoms with E-state index in [1.165, 1.54) is 0 Å². The lowest BCUT2D eigenvalue weighted by molar-refractivity contribution is 0.456. The molecule has 0 rings (SSSR count). The highest BCUT2D eigenvalue weighted by atomic mass is 14.9. The topological polar surface area (TPSA) is 38.0 Å². The number of hydrogen-bond donors (Lipinski definition) is 2. The lowest BCUT2D eigenvalue weighted by Crippen LogP contribution is -2.19. The maximum absolute atomic E-state index is 5.51. The summed E-state index contributed by atoms with van der Waals surface area (Å²) in [5.41, 5.74) is 6.90. The minimum atomic E-state index is 0.262. The SMILES string of the molecule is CCC(C)(C)/C=C(/CN)NC. The van der Waals surface area contributed by atoms with Crippen LogP contribution in [0, 0.1) is 5.41 Å². The standard InChI is InChI=1S/C9H20N2/c1-5-9(2,3)6-8(7-10)11-4/h6,11H,5,7,10H2,1-4H3/b8-6-. The number of nitrogens with two attached hydrogens (primary N) is 1. The number of likely N-dealkylation sites (N-methyl/N-ethyl adjacent to an activating group) is 1. The van der Waals surface area contributed by atoms with Gasteiger partial charge in [-0.1, -0.05) is 26.8 Å². The van der Waals surface area contributed by atoms with E-state index >= 15 is 0 Å². The van der Waals surface area contributed by atoms with Gasteiger partial charge in [0.1, 0.15) is 0 Å². The van der Waals surface area contributed by atoms with Crippen molar-refractivity contribution in [1.82, 2.24) is 5.32 Å². The highest BCUT2D eigenvalue weighted by Gasteiger charge is 2.11. The molecular weight excluding hydrogens is 136 g/mol. The molecule has 0 aromatic carbocycles. The molecule has 0 amide bonds. The lowest BCUT2D eigenvalue weighted by Gasteiger charge is -2.19. The van der Waals surface area contributed by atoms with Crippen LogP contribution in [0.4, 0.5) is 0 Å². The molecule has 0 aliphatic heterocycles. The first-order valence-electron chi connectivity index (χ1n) is 4.15. The van der Waals surface area contributed by atoms with E-state index in [2.05, 4.69) is 32.2 Å². The van der Waals surface area contributed by atoms with Gasteiger partial charge in [0.2, 0.25) is 0 Å². The van der Waals surface area contributed by atoms with Gasteiger partial charge in [-0.3, -0.25) is 0 Å². The van der Waals surface area contributed by atoms with E-state index in [9.17, 15) is 0 Å². The summed E-state index contributed by atoms with van der Waals surface area (Å²) in [7, 11) is 1.91. The van der Waals surface area contributed by atoms with Crippen LogP contribution in [0.3, 0.4) is 0 Å². The molecule has 0 spiro atoms. The second-order valence-corrected chi connectivity index (χ2v) is 3.47. The number of nitrogens with one attached hydrogen (secondary N) is 1. The van der Waals surface area contributed by atoms with Crippen LogP contribution in [0.25, 0.3) is 0 Å². The quantitative estimate of drug-likeness (QED) is 0.647. The first-order chi connectivity index (χ1) is 5.05. The van der Waals surface area contributed by atoms with Crippen molar-refractivity contribution in [3.63, 3.8) is 0 Å². The maximum Gasteiger partial charge on any atom is 0.0325 e. The minimum Gasteiger partial charge on any atom is -0.391 e. The van der Waals surface area contributed by atoms with Gasteiger partial charge in [0.15, 0.2) is 0 Å². The molecule has 0 aromatic rings. The highest BCUT2D eigenvalue weighted by Crippen LogP contribution is 2.22. The maximum atomic E-state index is 5.51. The molecule has 0 saturated heterocycles. The summed E-state index contributed by atoms with van der Waals surface area (Å²) < 4.78 is 0. The van der Waals surface area contributed by atoms with Crippen molar-refractivity contribution < 1.29 is 0 Å². The van der Waals surface area contributed by atoms with Crippen LogP contribution in [-0.4, -0.2) is 13.6 Å². The van der Waals surface area contributed by atoms with Crippen LogP contribution in [0.1, 0.15) is 27.2 Å². The molecule has 66 valence electrons. The molecule has 0 aliphatic rings. The van der Waals surface area contributed by atoms with Crippen LogP contribution in [-0.2, 0) is 0 Å². The average molecular weight is 156 g/mol. The summed E-state index contributed by atoms with van der Waals surface area (Å²) in [5.74, 6) is 0. The molecule has 0 atom stereocenters. The molecule has 0 aromatic heterocycles. The van der Waals surface area contributed by atoms with Crippen LogP contribution in [0.2, 0.25) is 0 Å². The van der Waals surface area contributed by atoms with Crippen molar-refractivity contribution in [2.45, 2.75) is 27.2 Å². The van der Waals surface area contributed by atoms with Gasteiger partial charge in [0.25, 0.3) is 0 Å². The summed E-state index contributed by atoms with van der Waals surface area (Å²) in [5, 5.41) is 3.08. The van der Waals surface area contributed by atoms with Crippen molar-refractivity contribution in [3.05, 3.63) is 11.8 Å². The molecule has 3 N–H and O–H groups in total. The Bertz CT molecular complexity index is 130. The third-order valence-corrected chi connectivity index (χ3v) is 2.02. The normalized spacial score (nSPS) is 13.4. The Morgan fingerprint density at radius 2 is 2.09 bits per heavy atom. The summed E-state index contributed by atoms with van der Waals surface area (Å²) in [6.07, 6.45) is 3.34. The summed E-state index contributed by atoms with van der Waals surface area (Å²) in [6, 6.07) is 0. The molecule has 0 radical (unpaired) electrons. The fraction of sp³-hybridized carbons (Fsp3) is 0.778. The van der Waals surface area contributed by atoms with Crippen molar-refractivity contribution in [2.24, 2.45) is 11.1 Å². The van der Waals surface area contributed by atoms with Crippen molar-refractivity contribution in [2.75, 3.05) is 13.6 Å². The zero-order valence-electron chi connectivity index (χ0n) is 8.07. The zero-order valence-corrected chi connectivity index (χ0v) is 8.07. The zero-order chi connectivity index (χ0) is 8.91. The van der Waals surface area contributed by atoms with E-state index in [0.29, 0.717) is 6.54 Å². The van der Waals surface area contributed by atoms with Crippen molar-refractivity contribution in [1.29, 1.82) is 0 Å². The third-order valence-electron chi connectivity index (χ3n) is 2.02. The van der Waals surface area contributed by atoms with E-state index in [1.807, 2.05) is 7.05 Å². The van der Waals surface area contributed by atoms with Gasteiger partial charge in [0.05, 0.1) is 0 Å². The Morgan fingerprint density at radius 1 is 1.55 bits per heavy atom. The molecule has 2 heteroatoms. The first kappa shape index (κ1) is 10.5. The van der Waals surface area contributed by atoms with Crippen molar-refractivity contribution >= 4 is 0 Å². The average Bonchev–Trinajstić information content (AvgIpc) is 2.00. The van der Waals surface area contributed by atoms with Gasteiger partial charge in [0, 0.05) is 19.3 Å². The number of rotatable bonds is 4. The van der Waals surface area contributed by atoms with Gasteiger partial charge in [-0.2, -0.15) is 0 Å². The molecule has 0 unspecified atom stereocenters. The van der Waals surface area contributed by atoms with E-state index in [-0.39, 0.29) is 5.41 Å². The number of hydrogen-bond acceptors (Lipinski definition) is 2. The summed E-state index contributed by atoms with van der Waals surface area (Å²) in [6.45, 7) is 7.19. The highest BCUT2D eigenvalue weighted by molar-refractivity contribution is 5.06. The van der Waals surface area contributed by atoms with Gasteiger partial charge < -0.3 is 11.1 Å². The minimum absolute atomic E-state index is 0.262. The van der Waals surface area contributed by atoms with Gasteiger partial charge in [-0.15, -0.1) is 0 Å². The smallest absolute Gasteiger partial charge is 0.0325 e. The molecule has 2 nitrogen and oxygen atoms in total. The molecule has 0 fully saturated rings. The van der Waals surface area contributed by atoms with E-state index in [0.717, 1.165) is 12.1 Å². The van der Waals surface area contributed by atoms with Gasteiger partial charge in [-0.05, 0) is 11.8 Å². The van der Waals surface area contributed by atoms with Crippen molar-refractivity contribution in [3.8, 4) is 0 Å². The van der Waals surface area contributed by atoms with E-state index < -0.39 is 0 Å². The monoisotopic (exact) mass is 156 g/mol. The Kier molecular flexibility index (Phi) is 4.19. The Morgan fingerprint density at radius 3 is 2.36 bits per heavy atom. The molecule has 0 saturated carbocycles. The molecule has 0 aliphatic carbocycles. The third kappa shape index (κ3) is 4.04. The predicted molar refractivity (Wildman–Crippen MR) is 50.3 cm³/mol. The molecule has 11 heavy (non-hydrogen) atoms.